The summed E-state index contributed by atoms with van der Waals surface area (Å²) in [7, 11) is -2.70. The fourth-order valence-corrected chi connectivity index (χ4v) is 4.47. The van der Waals surface area contributed by atoms with Crippen molar-refractivity contribution < 1.29 is 17.9 Å². The van der Waals surface area contributed by atoms with Gasteiger partial charge in [0.1, 0.15) is 5.75 Å². The third-order valence-electron chi connectivity index (χ3n) is 3.93. The van der Waals surface area contributed by atoms with E-state index in [-0.39, 0.29) is 21.2 Å². The van der Waals surface area contributed by atoms with Gasteiger partial charge >= 0.3 is 0 Å². The number of rotatable bonds is 5. The molecule has 3 aromatic rings. The lowest BCUT2D eigenvalue weighted by Gasteiger charge is -2.23. The van der Waals surface area contributed by atoms with E-state index in [1.165, 1.54) is 49.6 Å². The Bertz CT molecular complexity index is 1100. The molecule has 28 heavy (non-hydrogen) atoms. The van der Waals surface area contributed by atoms with Crippen molar-refractivity contribution in [2.75, 3.05) is 11.4 Å². The Morgan fingerprint density at radius 1 is 0.929 bits per heavy atom. The topological polar surface area (TPSA) is 63.7 Å². The molecule has 8 heteroatoms. The summed E-state index contributed by atoms with van der Waals surface area (Å²) in [6, 6.07) is 18.1. The Morgan fingerprint density at radius 2 is 1.57 bits per heavy atom. The molecule has 5 nitrogen and oxygen atoms in total. The molecule has 0 aliphatic heterocycles. The van der Waals surface area contributed by atoms with E-state index in [1.54, 1.807) is 30.3 Å². The molecule has 0 heterocycles. The molecular formula is C20H15Cl2NO4S. The van der Waals surface area contributed by atoms with Crippen molar-refractivity contribution >= 4 is 44.8 Å². The highest BCUT2D eigenvalue weighted by molar-refractivity contribution is 7.93. The SMILES string of the molecule is COc1ccc(N(C(=O)c2ccc(Cl)cc2Cl)S(=O)(=O)c2ccccc2)cc1. The van der Waals surface area contributed by atoms with Gasteiger partial charge in [-0.25, -0.2) is 8.42 Å². The fraction of sp³-hybridized carbons (Fsp3) is 0.0500. The van der Waals surface area contributed by atoms with Crippen LogP contribution in [0, 0.1) is 0 Å². The maximum absolute atomic E-state index is 13.3. The number of ether oxygens (including phenoxy) is 1. The Hall–Kier alpha value is -2.54. The molecule has 0 saturated carbocycles. The van der Waals surface area contributed by atoms with Gasteiger partial charge in [0.15, 0.2) is 0 Å². The number of nitrogens with zero attached hydrogens (tertiary/aromatic N) is 1. The number of hydrogen-bond donors (Lipinski definition) is 0. The second-order valence-corrected chi connectivity index (χ2v) is 8.34. The maximum Gasteiger partial charge on any atom is 0.273 e. The van der Waals surface area contributed by atoms with E-state index in [1.807, 2.05) is 0 Å². The lowest BCUT2D eigenvalue weighted by atomic mass is 10.2. The number of hydrogen-bond acceptors (Lipinski definition) is 4. The number of carbonyl (C=O) groups is 1. The highest BCUT2D eigenvalue weighted by Crippen LogP contribution is 2.30. The highest BCUT2D eigenvalue weighted by Gasteiger charge is 2.32. The summed E-state index contributed by atoms with van der Waals surface area (Å²) < 4.78 is 32.4. The number of halogens is 2. The molecule has 0 saturated heterocycles. The van der Waals surface area contributed by atoms with Crippen LogP contribution < -0.4 is 9.04 Å². The maximum atomic E-state index is 13.3. The smallest absolute Gasteiger partial charge is 0.273 e. The summed E-state index contributed by atoms with van der Waals surface area (Å²) in [4.78, 5) is 13.2. The normalized spacial score (nSPS) is 11.1. The van der Waals surface area contributed by atoms with Crippen LogP contribution in [0.25, 0.3) is 0 Å². The van der Waals surface area contributed by atoms with Gasteiger partial charge in [0.25, 0.3) is 15.9 Å². The van der Waals surface area contributed by atoms with Crippen LogP contribution in [0.5, 0.6) is 5.75 Å². The van der Waals surface area contributed by atoms with E-state index >= 15 is 0 Å². The van der Waals surface area contributed by atoms with Crippen LogP contribution >= 0.6 is 23.2 Å². The molecule has 0 bridgehead atoms. The average Bonchev–Trinajstić information content (AvgIpc) is 2.69. The summed E-state index contributed by atoms with van der Waals surface area (Å²) in [5, 5.41) is 0.391. The highest BCUT2D eigenvalue weighted by atomic mass is 35.5. The summed E-state index contributed by atoms with van der Waals surface area (Å²) in [5.74, 6) is -0.270. The quantitative estimate of drug-likeness (QED) is 0.562. The Balaban J connectivity index is 2.17. The van der Waals surface area contributed by atoms with Gasteiger partial charge in [0.05, 0.1) is 28.3 Å². The van der Waals surface area contributed by atoms with Crippen LogP contribution in [0.2, 0.25) is 10.0 Å². The lowest BCUT2D eigenvalue weighted by Crippen LogP contribution is -2.37. The standard InChI is InChI=1S/C20H15Cl2NO4S/c1-27-16-10-8-15(9-11-16)23(28(25,26)17-5-3-2-4-6-17)20(24)18-12-7-14(21)13-19(18)22/h2-13H,1H3. The third-order valence-corrected chi connectivity index (χ3v) is 6.21. The van der Waals surface area contributed by atoms with Crippen molar-refractivity contribution in [1.29, 1.82) is 0 Å². The molecule has 3 aromatic carbocycles. The molecule has 0 atom stereocenters. The second-order valence-electron chi connectivity index (χ2n) is 5.71. The summed E-state index contributed by atoms with van der Waals surface area (Å²) >= 11 is 12.0. The van der Waals surface area contributed by atoms with Crippen LogP contribution in [0.4, 0.5) is 5.69 Å². The van der Waals surface area contributed by atoms with Gasteiger partial charge in [-0.05, 0) is 54.6 Å². The van der Waals surface area contributed by atoms with Gasteiger partial charge in [0, 0.05) is 5.02 Å². The first-order valence-electron chi connectivity index (χ1n) is 8.08. The first-order chi connectivity index (χ1) is 13.3. The van der Waals surface area contributed by atoms with E-state index in [4.69, 9.17) is 27.9 Å². The molecule has 0 aliphatic rings. The number of amides is 1. The van der Waals surface area contributed by atoms with Crippen LogP contribution in [0.1, 0.15) is 10.4 Å². The second kappa shape index (κ2) is 8.22. The summed E-state index contributed by atoms with van der Waals surface area (Å²) in [6.07, 6.45) is 0. The molecule has 0 N–H and O–H groups in total. The van der Waals surface area contributed by atoms with Crippen LogP contribution in [0.3, 0.4) is 0 Å². The number of anilines is 1. The number of methoxy groups -OCH3 is 1. The minimum atomic E-state index is -4.20. The molecule has 0 aromatic heterocycles. The lowest BCUT2D eigenvalue weighted by molar-refractivity contribution is 0.101. The van der Waals surface area contributed by atoms with E-state index in [9.17, 15) is 13.2 Å². The van der Waals surface area contributed by atoms with Crippen LogP contribution in [0.15, 0.2) is 77.7 Å². The molecular weight excluding hydrogens is 421 g/mol. The van der Waals surface area contributed by atoms with Gasteiger partial charge in [-0.2, -0.15) is 4.31 Å². The van der Waals surface area contributed by atoms with Crippen molar-refractivity contribution in [1.82, 2.24) is 0 Å². The van der Waals surface area contributed by atoms with E-state index in [0.717, 1.165) is 4.31 Å². The molecule has 0 aliphatic carbocycles. The summed E-state index contributed by atoms with van der Waals surface area (Å²) in [5.41, 5.74) is 0.169. The van der Waals surface area contributed by atoms with Crippen molar-refractivity contribution in [2.45, 2.75) is 4.90 Å². The minimum Gasteiger partial charge on any atom is -0.497 e. The fourth-order valence-electron chi connectivity index (χ4n) is 2.55. The van der Waals surface area contributed by atoms with Gasteiger partial charge in [-0.3, -0.25) is 4.79 Å². The zero-order valence-electron chi connectivity index (χ0n) is 14.7. The largest absolute Gasteiger partial charge is 0.497 e. The first-order valence-corrected chi connectivity index (χ1v) is 10.3. The van der Waals surface area contributed by atoms with Crippen molar-refractivity contribution in [3.05, 3.63) is 88.4 Å². The monoisotopic (exact) mass is 435 g/mol. The molecule has 1 amide bonds. The van der Waals surface area contributed by atoms with Gasteiger partial charge in [0.2, 0.25) is 0 Å². The van der Waals surface area contributed by atoms with Crippen LogP contribution in [-0.2, 0) is 10.0 Å². The van der Waals surface area contributed by atoms with Crippen molar-refractivity contribution in [2.24, 2.45) is 0 Å². The van der Waals surface area contributed by atoms with Crippen molar-refractivity contribution in [3.8, 4) is 5.75 Å². The molecule has 0 spiro atoms. The van der Waals surface area contributed by atoms with Gasteiger partial charge in [-0.15, -0.1) is 0 Å². The Kier molecular flexibility index (Phi) is 5.93. The average molecular weight is 436 g/mol. The zero-order chi connectivity index (χ0) is 20.3. The molecule has 0 radical (unpaired) electrons. The summed E-state index contributed by atoms with van der Waals surface area (Å²) in [6.45, 7) is 0. The zero-order valence-corrected chi connectivity index (χ0v) is 17.0. The van der Waals surface area contributed by atoms with Crippen molar-refractivity contribution in [3.63, 3.8) is 0 Å². The molecule has 144 valence electrons. The minimum absolute atomic E-state index is 0.0152. The molecule has 0 fully saturated rings. The predicted octanol–water partition coefficient (Wildman–Crippen LogP) is 5.04. The van der Waals surface area contributed by atoms with E-state index < -0.39 is 15.9 Å². The Labute approximate surface area is 173 Å². The number of sulfonamides is 1. The Morgan fingerprint density at radius 3 is 2.14 bits per heavy atom. The van der Waals surface area contributed by atoms with Crippen LogP contribution in [-0.4, -0.2) is 21.4 Å². The first kappa shape index (κ1) is 20.2. The van der Waals surface area contributed by atoms with E-state index in [0.29, 0.717) is 10.8 Å². The van der Waals surface area contributed by atoms with Gasteiger partial charge < -0.3 is 4.74 Å². The number of benzene rings is 3. The molecule has 0 unspecified atom stereocenters. The molecule has 3 rings (SSSR count). The van der Waals surface area contributed by atoms with Gasteiger partial charge in [-0.1, -0.05) is 41.4 Å². The third kappa shape index (κ3) is 3.99. The number of carbonyl (C=O) groups excluding carboxylic acids is 1. The van der Waals surface area contributed by atoms with E-state index in [2.05, 4.69) is 0 Å². The predicted molar refractivity (Wildman–Crippen MR) is 110 cm³/mol.